The summed E-state index contributed by atoms with van der Waals surface area (Å²) in [4.78, 5) is 95.9. The van der Waals surface area contributed by atoms with Gasteiger partial charge in [0.2, 0.25) is 35.4 Å². The van der Waals surface area contributed by atoms with Crippen LogP contribution in [0.3, 0.4) is 0 Å². The van der Waals surface area contributed by atoms with Crippen LogP contribution in [0, 0.1) is 0 Å². The monoisotopic (exact) mass is 559 g/mol. The normalized spacial score (nSPS) is 16.8. The van der Waals surface area contributed by atoms with Crippen LogP contribution in [0.2, 0.25) is 0 Å². The van der Waals surface area contributed by atoms with E-state index in [0.717, 1.165) is 4.90 Å². The number of hydrogen-bond donors (Lipinski definition) is 9. The van der Waals surface area contributed by atoms with Crippen LogP contribution in [0.5, 0.6) is 0 Å². The van der Waals surface area contributed by atoms with E-state index in [2.05, 4.69) is 16.0 Å². The molecule has 1 aliphatic rings. The molecule has 4 atom stereocenters. The zero-order valence-corrected chi connectivity index (χ0v) is 20.9. The Hall–Kier alpha value is -4.32. The number of carboxylic acids is 2. The van der Waals surface area contributed by atoms with Crippen molar-refractivity contribution in [1.29, 1.82) is 0 Å². The first-order valence-corrected chi connectivity index (χ1v) is 11.8. The summed E-state index contributed by atoms with van der Waals surface area (Å²) in [5.74, 6) is -7.89. The maximum Gasteiger partial charge on any atom is 0.322 e. The van der Waals surface area contributed by atoms with E-state index in [1.54, 1.807) is 0 Å². The van der Waals surface area contributed by atoms with Crippen molar-refractivity contribution < 1.29 is 53.7 Å². The van der Waals surface area contributed by atoms with E-state index in [1.807, 2.05) is 5.32 Å². The number of rotatable bonds is 16. The fraction of sp³-hybridized carbons (Fsp3) is 0.619. The minimum absolute atomic E-state index is 0.0242. The van der Waals surface area contributed by atoms with Gasteiger partial charge in [-0.15, -0.1) is 0 Å². The largest absolute Gasteiger partial charge is 0.481 e. The van der Waals surface area contributed by atoms with E-state index < -0.39 is 97.7 Å². The number of carbonyl (C=O) groups is 8. The first kappa shape index (κ1) is 32.7. The number of likely N-dealkylation sites (tertiary alicyclic amines) is 1. The third-order valence-electron chi connectivity index (χ3n) is 5.55. The van der Waals surface area contributed by atoms with Crippen molar-refractivity contribution in [1.82, 2.24) is 26.2 Å². The van der Waals surface area contributed by atoms with Gasteiger partial charge in [-0.2, -0.15) is 0 Å². The number of aliphatic hydroxyl groups is 1. The number of nitrogens with one attached hydrogen (secondary N) is 4. The number of amides is 6. The van der Waals surface area contributed by atoms with E-state index in [4.69, 9.17) is 16.6 Å². The molecule has 39 heavy (non-hydrogen) atoms. The van der Waals surface area contributed by atoms with Crippen molar-refractivity contribution in [2.75, 3.05) is 26.2 Å². The fourth-order valence-electron chi connectivity index (χ4n) is 3.57. The Morgan fingerprint density at radius 1 is 0.897 bits per heavy atom. The third-order valence-corrected chi connectivity index (χ3v) is 5.55. The molecule has 0 unspecified atom stereocenters. The van der Waals surface area contributed by atoms with Crippen molar-refractivity contribution in [3.05, 3.63) is 0 Å². The van der Waals surface area contributed by atoms with E-state index in [0.29, 0.717) is 6.42 Å². The highest BCUT2D eigenvalue weighted by Gasteiger charge is 2.39. The fourth-order valence-corrected chi connectivity index (χ4v) is 3.57. The number of primary amides is 1. The summed E-state index contributed by atoms with van der Waals surface area (Å²) in [6.45, 7) is -2.17. The molecule has 1 fully saturated rings. The highest BCUT2D eigenvalue weighted by atomic mass is 16.4. The number of nitrogens with two attached hydrogens (primary N) is 2. The number of carbonyl (C=O) groups excluding carboxylic acids is 6. The third kappa shape index (κ3) is 11.3. The molecule has 0 saturated carbocycles. The summed E-state index contributed by atoms with van der Waals surface area (Å²) in [6, 6.07) is -5.55. The lowest BCUT2D eigenvalue weighted by atomic mass is 10.1. The molecule has 11 N–H and O–H groups in total. The molecule has 18 nitrogen and oxygen atoms in total. The molecule has 0 bridgehead atoms. The van der Waals surface area contributed by atoms with Gasteiger partial charge in [0, 0.05) is 13.0 Å². The number of aliphatic hydroxyl groups excluding tert-OH is 1. The zero-order valence-electron chi connectivity index (χ0n) is 20.9. The van der Waals surface area contributed by atoms with E-state index in [-0.39, 0.29) is 25.8 Å². The van der Waals surface area contributed by atoms with Crippen LogP contribution in [0.1, 0.15) is 32.1 Å². The number of carboxylic acid groups (broad SMARTS) is 2. The smallest absolute Gasteiger partial charge is 0.322 e. The van der Waals surface area contributed by atoms with Gasteiger partial charge in [0.1, 0.15) is 24.7 Å². The van der Waals surface area contributed by atoms with Crippen molar-refractivity contribution in [2.24, 2.45) is 11.5 Å². The molecule has 1 saturated heterocycles. The van der Waals surface area contributed by atoms with Gasteiger partial charge in [-0.25, -0.2) is 0 Å². The summed E-state index contributed by atoms with van der Waals surface area (Å²) in [5, 5.41) is 35.9. The van der Waals surface area contributed by atoms with Crippen LogP contribution >= 0.6 is 0 Å². The quantitative estimate of drug-likeness (QED) is 0.0854. The summed E-state index contributed by atoms with van der Waals surface area (Å²) >= 11 is 0. The summed E-state index contributed by atoms with van der Waals surface area (Å²) in [5.41, 5.74) is 10.7. The average Bonchev–Trinajstić information content (AvgIpc) is 3.36. The van der Waals surface area contributed by atoms with Crippen LogP contribution < -0.4 is 32.7 Å². The molecule has 218 valence electrons. The molecular formula is C21H33N7O11. The zero-order chi connectivity index (χ0) is 29.7. The van der Waals surface area contributed by atoms with Crippen molar-refractivity contribution in [3.63, 3.8) is 0 Å². The van der Waals surface area contributed by atoms with Gasteiger partial charge in [-0.3, -0.25) is 38.4 Å². The Balaban J connectivity index is 2.85. The molecule has 0 aromatic heterocycles. The minimum Gasteiger partial charge on any atom is -0.481 e. The maximum absolute atomic E-state index is 13.1. The molecule has 18 heteroatoms. The highest BCUT2D eigenvalue weighted by molar-refractivity contribution is 5.97. The van der Waals surface area contributed by atoms with E-state index in [9.17, 15) is 48.6 Å². The van der Waals surface area contributed by atoms with Crippen LogP contribution in [-0.2, 0) is 38.4 Å². The van der Waals surface area contributed by atoms with Gasteiger partial charge < -0.3 is 53.0 Å². The van der Waals surface area contributed by atoms with Crippen molar-refractivity contribution >= 4 is 47.4 Å². The summed E-state index contributed by atoms with van der Waals surface area (Å²) < 4.78 is 0. The minimum atomic E-state index is -1.59. The standard InChI is InChI=1S/C21H33N7O11/c22-10(3-4-14(23)30)18(36)26-11(6-16(32)33)21(39)28-5-1-2-13(28)20(38)27-12(9-29)19(37)25-7-15(31)24-8-17(34)35/h10-13,29H,1-9,22H2,(H2,23,30)(H,24,31)(H,25,37)(H,26,36)(H,27,38)(H,32,33)(H,34,35)/t10-,11-,12-,13-/m0/s1. The van der Waals surface area contributed by atoms with E-state index in [1.165, 1.54) is 0 Å². The van der Waals surface area contributed by atoms with Gasteiger partial charge in [-0.1, -0.05) is 0 Å². The number of nitrogens with zero attached hydrogens (tertiary/aromatic N) is 1. The van der Waals surface area contributed by atoms with Gasteiger partial charge in [0.05, 0.1) is 25.6 Å². The number of aliphatic carboxylic acids is 2. The first-order chi connectivity index (χ1) is 18.3. The molecular weight excluding hydrogens is 526 g/mol. The predicted molar refractivity (Wildman–Crippen MR) is 128 cm³/mol. The van der Waals surface area contributed by atoms with Gasteiger partial charge in [0.25, 0.3) is 0 Å². The molecule has 1 aliphatic heterocycles. The average molecular weight is 560 g/mol. The molecule has 0 radical (unpaired) electrons. The van der Waals surface area contributed by atoms with Crippen LogP contribution in [-0.4, -0.2) is 118 Å². The van der Waals surface area contributed by atoms with E-state index >= 15 is 0 Å². The second kappa shape index (κ2) is 15.8. The maximum atomic E-state index is 13.1. The Kier molecular flexibility index (Phi) is 13.3. The molecule has 0 aromatic carbocycles. The van der Waals surface area contributed by atoms with Crippen LogP contribution in [0.15, 0.2) is 0 Å². The molecule has 0 spiro atoms. The molecule has 6 amide bonds. The Morgan fingerprint density at radius 3 is 2.13 bits per heavy atom. The van der Waals surface area contributed by atoms with Crippen LogP contribution in [0.25, 0.3) is 0 Å². The van der Waals surface area contributed by atoms with Crippen molar-refractivity contribution in [2.45, 2.75) is 56.3 Å². The highest BCUT2D eigenvalue weighted by Crippen LogP contribution is 2.19. The van der Waals surface area contributed by atoms with Gasteiger partial charge in [-0.05, 0) is 19.3 Å². The predicted octanol–water partition coefficient (Wildman–Crippen LogP) is -5.68. The number of hydrogen-bond acceptors (Lipinski definition) is 10. The molecule has 0 aliphatic carbocycles. The second-order valence-electron chi connectivity index (χ2n) is 8.59. The lowest BCUT2D eigenvalue weighted by molar-refractivity contribution is -0.146. The topological polar surface area (TPSA) is 301 Å². The second-order valence-corrected chi connectivity index (χ2v) is 8.59. The summed E-state index contributed by atoms with van der Waals surface area (Å²) in [7, 11) is 0. The molecule has 1 heterocycles. The Bertz CT molecular complexity index is 974. The first-order valence-electron chi connectivity index (χ1n) is 11.8. The van der Waals surface area contributed by atoms with Gasteiger partial charge in [0.15, 0.2) is 0 Å². The van der Waals surface area contributed by atoms with Crippen molar-refractivity contribution in [3.8, 4) is 0 Å². The Morgan fingerprint density at radius 2 is 1.56 bits per heavy atom. The summed E-state index contributed by atoms with van der Waals surface area (Å²) in [6.07, 6.45) is -0.734. The van der Waals surface area contributed by atoms with Gasteiger partial charge >= 0.3 is 11.9 Å². The lowest BCUT2D eigenvalue weighted by Gasteiger charge is -2.29. The Labute approximate surface area is 221 Å². The SMILES string of the molecule is NC(=O)CC[C@H](N)C(=O)N[C@@H](CC(=O)O)C(=O)N1CCC[C@H]1C(=O)N[C@@H](CO)C(=O)NCC(=O)NCC(=O)O. The molecule has 0 aromatic rings. The molecule has 1 rings (SSSR count). The lowest BCUT2D eigenvalue weighted by Crippen LogP contribution is -2.58. The van der Waals surface area contributed by atoms with Crippen LogP contribution in [0.4, 0.5) is 0 Å².